The van der Waals surface area contributed by atoms with Gasteiger partial charge in [-0.3, -0.25) is 28.2 Å². The van der Waals surface area contributed by atoms with Crippen LogP contribution in [0.3, 0.4) is 0 Å². The number of likely N-dealkylation sites (N-methyl/N-ethyl adjacent to an activating group) is 1. The summed E-state index contributed by atoms with van der Waals surface area (Å²) in [4.78, 5) is 52.5. The number of hydrogen-bond acceptors (Lipinski definition) is 13. The maximum Gasteiger partial charge on any atom is 0.477 e. The van der Waals surface area contributed by atoms with E-state index in [1.165, 1.54) is 122 Å². The van der Waals surface area contributed by atoms with Gasteiger partial charge in [0.25, 0.3) is 0 Å². The number of ether oxygens (including phenoxy) is 4. The monoisotopic (exact) mass is 1070 g/mol. The summed E-state index contributed by atoms with van der Waals surface area (Å²) in [6.45, 7) is 5.82. The molecule has 0 heterocycles. The molecule has 0 amide bonds. The second-order valence-corrected chi connectivity index (χ2v) is 22.2. The van der Waals surface area contributed by atoms with Crippen LogP contribution in [0.5, 0.6) is 0 Å². The third-order valence-corrected chi connectivity index (χ3v) is 14.3. The molecule has 0 aromatic carbocycles. The zero-order chi connectivity index (χ0) is 54.3. The van der Waals surface area contributed by atoms with Crippen LogP contribution < -0.4 is 0 Å². The first kappa shape index (κ1) is 71.4. The van der Waals surface area contributed by atoms with Gasteiger partial charge in [-0.25, -0.2) is 9.09 Å². The second kappa shape index (κ2) is 55.2. The molecule has 0 aromatic rings. The van der Waals surface area contributed by atoms with Gasteiger partial charge in [-0.2, -0.15) is 0 Å². The number of phosphoric ester groups is 1. The van der Waals surface area contributed by atoms with Gasteiger partial charge in [-0.1, -0.05) is 206 Å². The maximum atomic E-state index is 13.8. The Morgan fingerprint density at radius 2 is 0.770 bits per heavy atom. The second-order valence-electron chi connectivity index (χ2n) is 20.5. The van der Waals surface area contributed by atoms with Crippen molar-refractivity contribution in [1.29, 1.82) is 0 Å². The molecule has 0 rings (SSSR count). The first-order chi connectivity index (χ1) is 36.0. The fraction of sp³-hybridized carbons (Fsp3) is 0.867. The first-order valence-corrected chi connectivity index (χ1v) is 31.7. The maximum absolute atomic E-state index is 13.8. The largest absolute Gasteiger partial charge is 0.477 e. The van der Waals surface area contributed by atoms with Gasteiger partial charge in [0, 0.05) is 19.4 Å². The number of carbonyl (C=O) groups is 4. The van der Waals surface area contributed by atoms with Gasteiger partial charge in [-0.15, -0.1) is 0 Å². The predicted octanol–water partition coefficient (Wildman–Crippen LogP) is 17.0. The highest BCUT2D eigenvalue weighted by Crippen LogP contribution is 2.49. The highest BCUT2D eigenvalue weighted by molar-refractivity contribution is 7.48. The van der Waals surface area contributed by atoms with Crippen LogP contribution in [-0.4, -0.2) is 88.7 Å². The number of nitrogens with zero attached hydrogens (tertiary/aromatic N) is 1. The van der Waals surface area contributed by atoms with Gasteiger partial charge >= 0.3 is 31.7 Å². The summed E-state index contributed by atoms with van der Waals surface area (Å²) in [6, 6.07) is 0. The van der Waals surface area contributed by atoms with E-state index < -0.39 is 51.2 Å². The lowest BCUT2D eigenvalue weighted by Crippen LogP contribution is -2.30. The molecule has 0 spiro atoms. The van der Waals surface area contributed by atoms with Gasteiger partial charge in [0.1, 0.15) is 6.61 Å². The number of phosphoric acid groups is 1. The Balaban J connectivity index is 5.04. The van der Waals surface area contributed by atoms with Crippen molar-refractivity contribution in [2.45, 2.75) is 284 Å². The van der Waals surface area contributed by atoms with Crippen LogP contribution in [0.1, 0.15) is 278 Å². The number of hydrogen-bond donors (Lipinski definition) is 0. The Bertz CT molecular complexity index is 1410. The Morgan fingerprint density at radius 3 is 1.22 bits per heavy atom. The van der Waals surface area contributed by atoms with E-state index in [0.29, 0.717) is 26.0 Å². The fourth-order valence-corrected chi connectivity index (χ4v) is 9.26. The van der Waals surface area contributed by atoms with Crippen molar-refractivity contribution in [3.8, 4) is 0 Å². The Kier molecular flexibility index (Phi) is 53.3. The number of unbranched alkanes of at least 4 members (excludes halogenated alkanes) is 31. The minimum atomic E-state index is -4.39. The zero-order valence-corrected chi connectivity index (χ0v) is 49.1. The summed E-state index contributed by atoms with van der Waals surface area (Å²) >= 11 is 0. The van der Waals surface area contributed by atoms with Crippen molar-refractivity contribution in [1.82, 2.24) is 4.90 Å². The van der Waals surface area contributed by atoms with Crippen LogP contribution in [0.2, 0.25) is 0 Å². The molecule has 0 aromatic heterocycles. The average Bonchev–Trinajstić information content (AvgIpc) is 3.38. The van der Waals surface area contributed by atoms with Gasteiger partial charge in [0.15, 0.2) is 6.10 Å². The van der Waals surface area contributed by atoms with Crippen LogP contribution in [0.25, 0.3) is 0 Å². The molecule has 1 unspecified atom stereocenters. The molecule has 434 valence electrons. The molecule has 0 aliphatic rings. The summed E-state index contributed by atoms with van der Waals surface area (Å²) in [5, 5.41) is 0. The summed E-state index contributed by atoms with van der Waals surface area (Å²) in [7, 11) is -0.754. The number of rotatable bonds is 57. The van der Waals surface area contributed by atoms with E-state index >= 15 is 0 Å². The van der Waals surface area contributed by atoms with Gasteiger partial charge in [-0.05, 0) is 84.7 Å². The van der Waals surface area contributed by atoms with Crippen LogP contribution in [0.4, 0.5) is 0 Å². The lowest BCUT2D eigenvalue weighted by molar-refractivity contribution is -0.162. The van der Waals surface area contributed by atoms with E-state index in [-0.39, 0.29) is 38.9 Å². The van der Waals surface area contributed by atoms with Crippen molar-refractivity contribution in [2.75, 3.05) is 53.9 Å². The first-order valence-electron chi connectivity index (χ1n) is 30.2. The van der Waals surface area contributed by atoms with Gasteiger partial charge in [0.2, 0.25) is 6.79 Å². The molecule has 0 saturated carbocycles. The Morgan fingerprint density at radius 1 is 0.392 bits per heavy atom. The highest BCUT2D eigenvalue weighted by atomic mass is 31.2. The average molecular weight is 1070 g/mol. The molecule has 0 bridgehead atoms. The lowest BCUT2D eigenvalue weighted by atomic mass is 10.1. The number of esters is 4. The topological polar surface area (TPSA) is 153 Å². The molecule has 2 atom stereocenters. The summed E-state index contributed by atoms with van der Waals surface area (Å²) in [6.07, 6.45) is 49.7. The normalized spacial score (nSPS) is 12.9. The van der Waals surface area contributed by atoms with Crippen LogP contribution in [0, 0.1) is 0 Å². The molecule has 0 saturated heterocycles. The van der Waals surface area contributed by atoms with E-state index in [2.05, 4.69) is 45.1 Å². The molecule has 13 nitrogen and oxygen atoms in total. The van der Waals surface area contributed by atoms with Gasteiger partial charge < -0.3 is 23.8 Å². The molecule has 0 radical (unpaired) electrons. The molecule has 0 N–H and O–H groups in total. The molecular weight excluding hydrogens is 958 g/mol. The minimum absolute atomic E-state index is 0.0476. The van der Waals surface area contributed by atoms with Crippen molar-refractivity contribution in [2.24, 2.45) is 0 Å². The summed E-state index contributed by atoms with van der Waals surface area (Å²) in [5.41, 5.74) is 0. The Hall–Kier alpha value is -2.57. The lowest BCUT2D eigenvalue weighted by Gasteiger charge is -2.22. The number of allylic oxidation sites excluding steroid dienone is 4. The fourth-order valence-electron chi connectivity index (χ4n) is 8.20. The third kappa shape index (κ3) is 52.9. The molecule has 74 heavy (non-hydrogen) atoms. The highest BCUT2D eigenvalue weighted by Gasteiger charge is 2.31. The van der Waals surface area contributed by atoms with E-state index in [4.69, 9.17) is 32.5 Å². The van der Waals surface area contributed by atoms with Crippen molar-refractivity contribution < 1.29 is 56.3 Å². The minimum Gasteiger partial charge on any atom is -0.466 e. The standard InChI is InChI=1S/C60H112NO12P/c1-6-9-12-15-18-21-24-26-28-30-32-34-37-40-43-46-57(62)68-53-56(73-60(65)47-44-41-38-35-33-31-29-27-25-22-19-16-13-10-7-2)54-71-74(66,70-52-50-61(4)5)72-55-69-59(64)49-48-58(63)67-51-45-42-39-36-23-20-17-14-11-8-3/h26-29,56H,6-25,30-55H2,1-5H3/b28-26-,29-27-/t56-,74?/m1/s1. The molecule has 14 heteroatoms. The predicted molar refractivity (Wildman–Crippen MR) is 302 cm³/mol. The smallest absolute Gasteiger partial charge is 0.466 e. The van der Waals surface area contributed by atoms with Crippen LogP contribution in [-0.2, 0) is 56.3 Å². The summed E-state index contributed by atoms with van der Waals surface area (Å²) in [5.74, 6) is -2.14. The van der Waals surface area contributed by atoms with E-state index in [1.807, 2.05) is 19.0 Å². The van der Waals surface area contributed by atoms with E-state index in [0.717, 1.165) is 96.3 Å². The van der Waals surface area contributed by atoms with Crippen molar-refractivity contribution in [3.63, 3.8) is 0 Å². The van der Waals surface area contributed by atoms with Crippen LogP contribution in [0.15, 0.2) is 24.3 Å². The molecular formula is C60H112NO12P. The molecule has 0 aliphatic carbocycles. The Labute approximate surface area is 453 Å². The van der Waals surface area contributed by atoms with Crippen molar-refractivity contribution in [3.05, 3.63) is 24.3 Å². The van der Waals surface area contributed by atoms with Gasteiger partial charge in [0.05, 0.1) is 32.7 Å². The van der Waals surface area contributed by atoms with Crippen LogP contribution >= 0.6 is 7.82 Å². The molecule has 0 fully saturated rings. The summed E-state index contributed by atoms with van der Waals surface area (Å²) < 4.78 is 52.2. The van der Waals surface area contributed by atoms with E-state index in [9.17, 15) is 23.7 Å². The zero-order valence-electron chi connectivity index (χ0n) is 48.2. The molecule has 0 aliphatic heterocycles. The number of carbonyl (C=O) groups excluding carboxylic acids is 4. The van der Waals surface area contributed by atoms with E-state index in [1.54, 1.807) is 0 Å². The quantitative estimate of drug-likeness (QED) is 0.0142. The SMILES string of the molecule is CCCCCCCC/C=C\CCCCCCCC(=O)OC[C@H](COP(=O)(OCCN(C)C)OCOC(=O)CCC(=O)OCCCCCCCCCCCC)OC(=O)CCCCCCC/C=C\CCCCCCCC. The third-order valence-electron chi connectivity index (χ3n) is 12.9. The van der Waals surface area contributed by atoms with Crippen molar-refractivity contribution >= 4 is 31.7 Å².